The van der Waals surface area contributed by atoms with Crippen LogP contribution in [0.3, 0.4) is 0 Å². The van der Waals surface area contributed by atoms with Crippen molar-refractivity contribution in [3.05, 3.63) is 65.2 Å². The van der Waals surface area contributed by atoms with Gasteiger partial charge >= 0.3 is 16.3 Å². The lowest BCUT2D eigenvalue weighted by atomic mass is 10.0. The molecule has 0 unspecified atom stereocenters. The smallest absolute Gasteiger partial charge is 0.293 e. The molecule has 0 aromatic heterocycles. The first kappa shape index (κ1) is 20.6. The first-order chi connectivity index (χ1) is 12.5. The van der Waals surface area contributed by atoms with Gasteiger partial charge < -0.3 is 0 Å². The molecule has 27 heavy (non-hydrogen) atoms. The van der Waals surface area contributed by atoms with Crippen LogP contribution in [0.2, 0.25) is 0 Å². The number of alkyl halides is 3. The van der Waals surface area contributed by atoms with E-state index >= 15 is 0 Å². The zero-order valence-electron chi connectivity index (χ0n) is 14.8. The second-order valence-corrected chi connectivity index (χ2v) is 7.20. The Morgan fingerprint density at radius 2 is 1.63 bits per heavy atom. The summed E-state index contributed by atoms with van der Waals surface area (Å²) in [5.74, 6) is 0. The van der Waals surface area contributed by atoms with E-state index in [1.807, 2.05) is 0 Å². The topological polar surface area (TPSA) is 68.1 Å². The summed E-state index contributed by atoms with van der Waals surface area (Å²) in [5.41, 5.74) is -0.0239. The standard InChI is InChI=1S/C18H17F3N2O3S/c1-12-7-9-16(10-8-12)27(24,25)26-23-17(18(19,20)21)15-6-4-5-14(11-15)13(2)22-3/h4-11H,1-3H3/b22-13?,23-17-. The average molecular weight is 398 g/mol. The summed E-state index contributed by atoms with van der Waals surface area (Å²) >= 11 is 0. The molecule has 9 heteroatoms. The predicted octanol–water partition coefficient (Wildman–Crippen LogP) is 4.11. The van der Waals surface area contributed by atoms with Crippen molar-refractivity contribution in [2.24, 2.45) is 10.1 Å². The Morgan fingerprint density at radius 3 is 2.19 bits per heavy atom. The van der Waals surface area contributed by atoms with Gasteiger partial charge in [0.2, 0.25) is 0 Å². The maximum Gasteiger partial charge on any atom is 0.437 e. The molecule has 0 saturated carbocycles. The molecular weight excluding hydrogens is 381 g/mol. The van der Waals surface area contributed by atoms with E-state index < -0.39 is 22.0 Å². The Labute approximate surface area is 155 Å². The molecule has 0 radical (unpaired) electrons. The number of oxime groups is 1. The number of halogens is 3. The molecule has 2 rings (SSSR count). The third-order valence-electron chi connectivity index (χ3n) is 3.69. The molecule has 0 aliphatic heterocycles. The number of hydrogen-bond donors (Lipinski definition) is 0. The van der Waals surface area contributed by atoms with E-state index in [-0.39, 0.29) is 10.5 Å². The number of hydrogen-bond acceptors (Lipinski definition) is 5. The summed E-state index contributed by atoms with van der Waals surface area (Å²) < 4.78 is 68.8. The van der Waals surface area contributed by atoms with Crippen molar-refractivity contribution in [1.29, 1.82) is 0 Å². The van der Waals surface area contributed by atoms with Gasteiger partial charge in [0.25, 0.3) is 0 Å². The molecule has 5 nitrogen and oxygen atoms in total. The summed E-state index contributed by atoms with van der Waals surface area (Å²) in [6, 6.07) is 10.8. The van der Waals surface area contributed by atoms with Gasteiger partial charge in [-0.05, 0) is 37.6 Å². The van der Waals surface area contributed by atoms with Gasteiger partial charge in [-0.1, -0.05) is 41.1 Å². The van der Waals surface area contributed by atoms with Crippen LogP contribution >= 0.6 is 0 Å². The second-order valence-electron chi connectivity index (χ2n) is 5.67. The van der Waals surface area contributed by atoms with Crippen molar-refractivity contribution < 1.29 is 25.9 Å². The highest BCUT2D eigenvalue weighted by Crippen LogP contribution is 2.25. The molecule has 0 bridgehead atoms. The van der Waals surface area contributed by atoms with E-state index in [0.717, 1.165) is 5.56 Å². The second kappa shape index (κ2) is 7.91. The summed E-state index contributed by atoms with van der Waals surface area (Å²) in [6.07, 6.45) is -4.92. The van der Waals surface area contributed by atoms with Crippen LogP contribution in [0.25, 0.3) is 0 Å². The fourth-order valence-corrected chi connectivity index (χ4v) is 2.85. The van der Waals surface area contributed by atoms with Crippen molar-refractivity contribution >= 4 is 21.5 Å². The number of rotatable bonds is 5. The van der Waals surface area contributed by atoms with Crippen molar-refractivity contribution in [2.45, 2.75) is 24.9 Å². The van der Waals surface area contributed by atoms with Crippen molar-refractivity contribution in [2.75, 3.05) is 7.05 Å². The molecule has 0 saturated heterocycles. The molecule has 0 N–H and O–H groups in total. The van der Waals surface area contributed by atoms with Crippen LogP contribution in [0, 0.1) is 6.92 Å². The van der Waals surface area contributed by atoms with E-state index in [2.05, 4.69) is 14.4 Å². The van der Waals surface area contributed by atoms with Crippen LogP contribution in [0.4, 0.5) is 13.2 Å². The van der Waals surface area contributed by atoms with Crippen LogP contribution in [-0.4, -0.2) is 33.1 Å². The Kier molecular flexibility index (Phi) is 6.04. The quantitative estimate of drug-likeness (QED) is 0.562. The summed E-state index contributed by atoms with van der Waals surface area (Å²) in [4.78, 5) is 3.63. The first-order valence-corrected chi connectivity index (χ1v) is 9.15. The van der Waals surface area contributed by atoms with E-state index in [9.17, 15) is 21.6 Å². The largest absolute Gasteiger partial charge is 0.437 e. The highest BCUT2D eigenvalue weighted by molar-refractivity contribution is 7.86. The van der Waals surface area contributed by atoms with Crippen LogP contribution < -0.4 is 0 Å². The number of benzene rings is 2. The zero-order chi connectivity index (χ0) is 20.2. The first-order valence-electron chi connectivity index (χ1n) is 7.74. The monoisotopic (exact) mass is 398 g/mol. The maximum atomic E-state index is 13.4. The van der Waals surface area contributed by atoms with E-state index in [1.54, 1.807) is 19.9 Å². The van der Waals surface area contributed by atoms with Gasteiger partial charge in [-0.25, -0.2) is 0 Å². The van der Waals surface area contributed by atoms with Gasteiger partial charge in [0.05, 0.1) is 0 Å². The van der Waals surface area contributed by atoms with Gasteiger partial charge in [-0.15, -0.1) is 0 Å². The predicted molar refractivity (Wildman–Crippen MR) is 96.6 cm³/mol. The lowest BCUT2D eigenvalue weighted by Gasteiger charge is -2.11. The number of aliphatic imine (C=N–C) groups is 1. The lowest BCUT2D eigenvalue weighted by Crippen LogP contribution is -2.25. The summed E-state index contributed by atoms with van der Waals surface area (Å²) in [5, 5.41) is 2.93. The summed E-state index contributed by atoms with van der Waals surface area (Å²) in [6.45, 7) is 3.38. The molecule has 144 valence electrons. The van der Waals surface area contributed by atoms with Crippen LogP contribution in [0.15, 0.2) is 63.6 Å². The Balaban J connectivity index is 2.44. The Hall–Kier alpha value is -2.68. The number of nitrogens with zero attached hydrogens (tertiary/aromatic N) is 2. The molecule has 0 amide bonds. The highest BCUT2D eigenvalue weighted by atomic mass is 32.2. The lowest BCUT2D eigenvalue weighted by molar-refractivity contribution is -0.0597. The minimum Gasteiger partial charge on any atom is -0.293 e. The van der Waals surface area contributed by atoms with Gasteiger partial charge in [-0.3, -0.25) is 9.28 Å². The van der Waals surface area contributed by atoms with Gasteiger partial charge in [0, 0.05) is 18.3 Å². The molecule has 2 aromatic rings. The van der Waals surface area contributed by atoms with Crippen LogP contribution in [-0.2, 0) is 14.4 Å². The normalized spacial score (nSPS) is 13.6. The van der Waals surface area contributed by atoms with Crippen LogP contribution in [0.5, 0.6) is 0 Å². The van der Waals surface area contributed by atoms with Gasteiger partial charge in [0.15, 0.2) is 5.71 Å². The van der Waals surface area contributed by atoms with Crippen LogP contribution in [0.1, 0.15) is 23.6 Å². The van der Waals surface area contributed by atoms with E-state index in [1.165, 1.54) is 49.5 Å². The third kappa shape index (κ3) is 5.16. The molecule has 0 aliphatic rings. The zero-order valence-corrected chi connectivity index (χ0v) is 15.6. The SMILES string of the molecule is CN=C(C)c1cccc(/C(=N/OS(=O)(=O)c2ccc(C)cc2)C(F)(F)F)c1. The minimum absolute atomic E-state index is 0.291. The molecular formula is C18H17F3N2O3S. The highest BCUT2D eigenvalue weighted by Gasteiger charge is 2.38. The molecule has 0 atom stereocenters. The minimum atomic E-state index is -4.92. The molecule has 0 heterocycles. The summed E-state index contributed by atoms with van der Waals surface area (Å²) in [7, 11) is -2.97. The van der Waals surface area contributed by atoms with Crippen molar-refractivity contribution in [3.8, 4) is 0 Å². The average Bonchev–Trinajstić information content (AvgIpc) is 2.60. The van der Waals surface area contributed by atoms with E-state index in [0.29, 0.717) is 11.3 Å². The molecule has 0 spiro atoms. The van der Waals surface area contributed by atoms with Gasteiger partial charge in [-0.2, -0.15) is 21.6 Å². The van der Waals surface area contributed by atoms with E-state index in [4.69, 9.17) is 0 Å². The third-order valence-corrected chi connectivity index (χ3v) is 4.81. The number of aryl methyl sites for hydroxylation is 1. The van der Waals surface area contributed by atoms with Gasteiger partial charge in [0.1, 0.15) is 4.90 Å². The molecule has 2 aromatic carbocycles. The maximum absolute atomic E-state index is 13.4. The molecule has 0 fully saturated rings. The fraction of sp³-hybridized carbons (Fsp3) is 0.222. The fourth-order valence-electron chi connectivity index (χ4n) is 2.12. The Morgan fingerprint density at radius 1 is 1.04 bits per heavy atom. The van der Waals surface area contributed by atoms with Crippen molar-refractivity contribution in [1.82, 2.24) is 0 Å². The Bertz CT molecular complexity index is 980. The van der Waals surface area contributed by atoms with Crippen molar-refractivity contribution in [3.63, 3.8) is 0 Å². The molecule has 0 aliphatic carbocycles.